The SMILES string of the molecule is O=C(Nc1ccc2cn[nH]c2c1)c1cccc(F)c1. The standard InChI is InChI=1S/C14H10FN3O/c15-11-3-1-2-9(6-11)14(19)17-12-5-4-10-8-16-18-13(10)7-12/h1-8H,(H,16,18)(H,17,19). The van der Waals surface area contributed by atoms with E-state index in [0.717, 1.165) is 10.9 Å². The van der Waals surface area contributed by atoms with Gasteiger partial charge in [0.2, 0.25) is 0 Å². The Bertz CT molecular complexity index is 751. The molecular formula is C14H10FN3O. The van der Waals surface area contributed by atoms with Crippen LogP contribution < -0.4 is 5.32 Å². The molecule has 3 aromatic rings. The zero-order valence-corrected chi connectivity index (χ0v) is 9.85. The molecular weight excluding hydrogens is 245 g/mol. The van der Waals surface area contributed by atoms with Gasteiger partial charge in [-0.05, 0) is 36.4 Å². The molecule has 0 aliphatic heterocycles. The normalized spacial score (nSPS) is 10.6. The lowest BCUT2D eigenvalue weighted by molar-refractivity contribution is 0.102. The first-order chi connectivity index (χ1) is 9.22. The van der Waals surface area contributed by atoms with Crippen LogP contribution in [0.5, 0.6) is 0 Å². The van der Waals surface area contributed by atoms with Crippen molar-refractivity contribution in [2.75, 3.05) is 5.32 Å². The van der Waals surface area contributed by atoms with Crippen LogP contribution in [0.25, 0.3) is 10.9 Å². The van der Waals surface area contributed by atoms with E-state index in [4.69, 9.17) is 0 Å². The van der Waals surface area contributed by atoms with Crippen molar-refractivity contribution >= 4 is 22.5 Å². The summed E-state index contributed by atoms with van der Waals surface area (Å²) in [5.41, 5.74) is 1.74. The summed E-state index contributed by atoms with van der Waals surface area (Å²) in [5.74, 6) is -0.782. The summed E-state index contributed by atoms with van der Waals surface area (Å²) in [4.78, 5) is 11.9. The number of carbonyl (C=O) groups excluding carboxylic acids is 1. The van der Waals surface area contributed by atoms with Crippen molar-refractivity contribution in [3.8, 4) is 0 Å². The number of nitrogens with zero attached hydrogens (tertiary/aromatic N) is 1. The van der Waals surface area contributed by atoms with Crippen LogP contribution >= 0.6 is 0 Å². The van der Waals surface area contributed by atoms with Crippen LogP contribution in [-0.4, -0.2) is 16.1 Å². The minimum Gasteiger partial charge on any atom is -0.322 e. The zero-order valence-electron chi connectivity index (χ0n) is 9.85. The van der Waals surface area contributed by atoms with E-state index in [-0.39, 0.29) is 11.5 Å². The molecule has 19 heavy (non-hydrogen) atoms. The maximum Gasteiger partial charge on any atom is 0.255 e. The number of halogens is 1. The van der Waals surface area contributed by atoms with Crippen molar-refractivity contribution in [2.24, 2.45) is 0 Å². The third kappa shape index (κ3) is 2.30. The van der Waals surface area contributed by atoms with Gasteiger partial charge in [-0.3, -0.25) is 9.89 Å². The van der Waals surface area contributed by atoms with Gasteiger partial charge in [0.15, 0.2) is 0 Å². The number of nitrogens with one attached hydrogen (secondary N) is 2. The summed E-state index contributed by atoms with van der Waals surface area (Å²) in [6.45, 7) is 0. The molecule has 0 spiro atoms. The molecule has 2 N–H and O–H groups in total. The van der Waals surface area contributed by atoms with Gasteiger partial charge in [0, 0.05) is 16.6 Å². The number of H-pyrrole nitrogens is 1. The number of aromatic nitrogens is 2. The van der Waals surface area contributed by atoms with E-state index in [0.29, 0.717) is 5.69 Å². The van der Waals surface area contributed by atoms with Crippen LogP contribution in [0.1, 0.15) is 10.4 Å². The van der Waals surface area contributed by atoms with E-state index in [1.807, 2.05) is 6.07 Å². The van der Waals surface area contributed by atoms with E-state index >= 15 is 0 Å². The minimum atomic E-state index is -0.434. The van der Waals surface area contributed by atoms with Gasteiger partial charge in [0.25, 0.3) is 5.91 Å². The number of hydrogen-bond donors (Lipinski definition) is 2. The number of aromatic amines is 1. The Morgan fingerprint density at radius 3 is 2.95 bits per heavy atom. The molecule has 94 valence electrons. The molecule has 0 unspecified atom stereocenters. The van der Waals surface area contributed by atoms with E-state index in [2.05, 4.69) is 15.5 Å². The Kier molecular flexibility index (Phi) is 2.72. The summed E-state index contributed by atoms with van der Waals surface area (Å²) in [7, 11) is 0. The predicted octanol–water partition coefficient (Wildman–Crippen LogP) is 2.95. The van der Waals surface area contributed by atoms with Crippen LogP contribution in [0.15, 0.2) is 48.7 Å². The number of fused-ring (bicyclic) bond motifs is 1. The number of amides is 1. The number of rotatable bonds is 2. The molecule has 5 heteroatoms. The molecule has 0 atom stereocenters. The Morgan fingerprint density at radius 2 is 2.11 bits per heavy atom. The van der Waals surface area contributed by atoms with E-state index in [1.54, 1.807) is 24.4 Å². The van der Waals surface area contributed by atoms with Crippen LogP contribution in [0.3, 0.4) is 0 Å². The van der Waals surface area contributed by atoms with Crippen molar-refractivity contribution < 1.29 is 9.18 Å². The molecule has 1 aromatic heterocycles. The Morgan fingerprint density at radius 1 is 1.21 bits per heavy atom. The van der Waals surface area contributed by atoms with Crippen molar-refractivity contribution in [1.82, 2.24) is 10.2 Å². The average molecular weight is 255 g/mol. The van der Waals surface area contributed by atoms with E-state index < -0.39 is 5.82 Å². The molecule has 0 aliphatic carbocycles. The van der Waals surface area contributed by atoms with Gasteiger partial charge in [-0.15, -0.1) is 0 Å². The molecule has 3 rings (SSSR count). The third-order valence-corrected chi connectivity index (χ3v) is 2.79. The molecule has 0 fully saturated rings. The van der Waals surface area contributed by atoms with Crippen molar-refractivity contribution in [2.45, 2.75) is 0 Å². The van der Waals surface area contributed by atoms with Gasteiger partial charge < -0.3 is 5.32 Å². The van der Waals surface area contributed by atoms with Gasteiger partial charge in [-0.1, -0.05) is 6.07 Å². The maximum absolute atomic E-state index is 13.0. The lowest BCUT2D eigenvalue weighted by Gasteiger charge is -2.05. The van der Waals surface area contributed by atoms with Crippen molar-refractivity contribution in [3.05, 3.63) is 60.0 Å². The average Bonchev–Trinajstić information content (AvgIpc) is 2.86. The van der Waals surface area contributed by atoms with Crippen LogP contribution in [0, 0.1) is 5.82 Å². The summed E-state index contributed by atoms with van der Waals surface area (Å²) in [6.07, 6.45) is 1.70. The summed E-state index contributed by atoms with van der Waals surface area (Å²) < 4.78 is 13.0. The first kappa shape index (κ1) is 11.4. The highest BCUT2D eigenvalue weighted by Crippen LogP contribution is 2.17. The van der Waals surface area contributed by atoms with Gasteiger partial charge in [0.05, 0.1) is 11.7 Å². The first-order valence-electron chi connectivity index (χ1n) is 5.72. The lowest BCUT2D eigenvalue weighted by atomic mass is 10.2. The van der Waals surface area contributed by atoms with Crippen LogP contribution in [0.4, 0.5) is 10.1 Å². The second-order valence-electron chi connectivity index (χ2n) is 4.14. The quantitative estimate of drug-likeness (QED) is 0.739. The molecule has 2 aromatic carbocycles. The van der Waals surface area contributed by atoms with Gasteiger partial charge in [-0.25, -0.2) is 4.39 Å². The largest absolute Gasteiger partial charge is 0.322 e. The third-order valence-electron chi connectivity index (χ3n) is 2.79. The lowest BCUT2D eigenvalue weighted by Crippen LogP contribution is -2.11. The highest BCUT2D eigenvalue weighted by molar-refractivity contribution is 6.05. The Hall–Kier alpha value is -2.69. The molecule has 1 amide bonds. The molecule has 0 saturated heterocycles. The monoisotopic (exact) mass is 255 g/mol. The Labute approximate surface area is 108 Å². The number of hydrogen-bond acceptors (Lipinski definition) is 2. The fourth-order valence-electron chi connectivity index (χ4n) is 1.85. The molecule has 0 saturated carbocycles. The number of carbonyl (C=O) groups is 1. The van der Waals surface area contributed by atoms with Crippen molar-refractivity contribution in [1.29, 1.82) is 0 Å². The zero-order chi connectivity index (χ0) is 13.2. The molecule has 0 aliphatic rings. The fourth-order valence-corrected chi connectivity index (χ4v) is 1.85. The first-order valence-corrected chi connectivity index (χ1v) is 5.72. The van der Waals surface area contributed by atoms with Gasteiger partial charge in [-0.2, -0.15) is 5.10 Å². The van der Waals surface area contributed by atoms with Crippen molar-refractivity contribution in [3.63, 3.8) is 0 Å². The van der Waals surface area contributed by atoms with Gasteiger partial charge in [0.1, 0.15) is 5.82 Å². The molecule has 1 heterocycles. The van der Waals surface area contributed by atoms with E-state index in [9.17, 15) is 9.18 Å². The molecule has 4 nitrogen and oxygen atoms in total. The topological polar surface area (TPSA) is 57.8 Å². The maximum atomic E-state index is 13.0. The number of anilines is 1. The molecule has 0 radical (unpaired) electrons. The fraction of sp³-hybridized carbons (Fsp3) is 0. The van der Waals surface area contributed by atoms with Gasteiger partial charge >= 0.3 is 0 Å². The van der Waals surface area contributed by atoms with Crippen LogP contribution in [-0.2, 0) is 0 Å². The van der Waals surface area contributed by atoms with Crippen LogP contribution in [0.2, 0.25) is 0 Å². The summed E-state index contributed by atoms with van der Waals surface area (Å²) in [6, 6.07) is 11.0. The van der Waals surface area contributed by atoms with E-state index in [1.165, 1.54) is 18.2 Å². The second-order valence-corrected chi connectivity index (χ2v) is 4.14. The summed E-state index contributed by atoms with van der Waals surface area (Å²) >= 11 is 0. The molecule has 0 bridgehead atoms. The predicted molar refractivity (Wildman–Crippen MR) is 70.4 cm³/mol. The second kappa shape index (κ2) is 4.53. The Balaban J connectivity index is 1.86. The number of benzene rings is 2. The summed E-state index contributed by atoms with van der Waals surface area (Å²) in [5, 5.41) is 10.4. The highest BCUT2D eigenvalue weighted by Gasteiger charge is 2.07. The highest BCUT2D eigenvalue weighted by atomic mass is 19.1. The minimum absolute atomic E-state index is 0.282. The smallest absolute Gasteiger partial charge is 0.255 e.